The Hall–Kier alpha value is -2.61. The summed E-state index contributed by atoms with van der Waals surface area (Å²) in [6.45, 7) is 2.48. The fraction of sp³-hybridized carbons (Fsp3) is 0.273. The van der Waals surface area contributed by atoms with Crippen LogP contribution in [0.25, 0.3) is 0 Å². The van der Waals surface area contributed by atoms with Crippen LogP contribution in [0.1, 0.15) is 29.8 Å². The minimum Gasteiger partial charge on any atom is -0.494 e. The highest BCUT2D eigenvalue weighted by atomic mass is 35.5. The Labute approximate surface area is 193 Å². The summed E-state index contributed by atoms with van der Waals surface area (Å²) in [5.74, 6) is -0.624. The summed E-state index contributed by atoms with van der Waals surface area (Å²) in [6, 6.07) is 13.5. The first kappa shape index (κ1) is 26.4. The lowest BCUT2D eigenvalue weighted by Crippen LogP contribution is -2.43. The topological polar surface area (TPSA) is 82.2 Å². The first-order chi connectivity index (χ1) is 14.0. The number of hydrogen-bond acceptors (Lipinski definition) is 4. The maximum atomic E-state index is 13.9. The Morgan fingerprint density at radius 2 is 1.94 bits per heavy atom. The second-order valence-corrected chi connectivity index (χ2v) is 6.96. The molecule has 1 heterocycles. The van der Waals surface area contributed by atoms with Crippen LogP contribution in [-0.4, -0.2) is 28.6 Å². The van der Waals surface area contributed by atoms with E-state index in [0.717, 1.165) is 5.69 Å². The molecule has 2 atom stereocenters. The summed E-state index contributed by atoms with van der Waals surface area (Å²) >= 11 is 0. The van der Waals surface area contributed by atoms with Gasteiger partial charge >= 0.3 is 0 Å². The summed E-state index contributed by atoms with van der Waals surface area (Å²) in [6.07, 6.45) is 3.94. The Balaban J connectivity index is 0.00000240. The number of ether oxygens (including phenoxy) is 1. The number of nitrogens with two attached hydrogens (primary N) is 1. The van der Waals surface area contributed by atoms with E-state index in [2.05, 4.69) is 10.3 Å². The smallest absolute Gasteiger partial charge is 0.237 e. The first-order valence-electron chi connectivity index (χ1n) is 9.40. The minimum absolute atomic E-state index is 0. The molecule has 2 aromatic carbocycles. The molecule has 31 heavy (non-hydrogen) atoms. The molecule has 0 radical (unpaired) electrons. The fourth-order valence-corrected chi connectivity index (χ4v) is 3.07. The maximum absolute atomic E-state index is 13.9. The molecule has 168 valence electrons. The number of aromatic nitrogens is 2. The number of halogens is 3. The van der Waals surface area contributed by atoms with Gasteiger partial charge in [-0.1, -0.05) is 36.4 Å². The van der Waals surface area contributed by atoms with E-state index in [1.807, 2.05) is 41.1 Å². The van der Waals surface area contributed by atoms with E-state index in [-0.39, 0.29) is 42.5 Å². The third kappa shape index (κ3) is 7.24. The number of rotatable bonds is 8. The summed E-state index contributed by atoms with van der Waals surface area (Å²) in [7, 11) is 1.41. The van der Waals surface area contributed by atoms with Gasteiger partial charge in [-0.25, -0.2) is 9.37 Å². The third-order valence-electron chi connectivity index (χ3n) is 4.70. The predicted molar refractivity (Wildman–Crippen MR) is 123 cm³/mol. The van der Waals surface area contributed by atoms with Gasteiger partial charge in [0.25, 0.3) is 0 Å². The number of carbonyl (C=O) groups is 1. The van der Waals surface area contributed by atoms with Crippen LogP contribution in [0.2, 0.25) is 0 Å². The van der Waals surface area contributed by atoms with Gasteiger partial charge in [0.1, 0.15) is 0 Å². The number of benzene rings is 2. The first-order valence-corrected chi connectivity index (χ1v) is 9.40. The van der Waals surface area contributed by atoms with Crippen molar-refractivity contribution >= 4 is 30.7 Å². The fourth-order valence-electron chi connectivity index (χ4n) is 3.07. The lowest BCUT2D eigenvalue weighted by Gasteiger charge is -2.18. The van der Waals surface area contributed by atoms with Gasteiger partial charge in [-0.15, -0.1) is 24.8 Å². The van der Waals surface area contributed by atoms with Crippen LogP contribution in [0.5, 0.6) is 5.75 Å². The molecule has 0 aliphatic carbocycles. The highest BCUT2D eigenvalue weighted by Gasteiger charge is 2.19. The van der Waals surface area contributed by atoms with Gasteiger partial charge in [-0.2, -0.15) is 0 Å². The summed E-state index contributed by atoms with van der Waals surface area (Å²) < 4.78 is 20.7. The highest BCUT2D eigenvalue weighted by molar-refractivity contribution is 5.85. The molecule has 0 fully saturated rings. The molecule has 0 saturated heterocycles. The van der Waals surface area contributed by atoms with Crippen molar-refractivity contribution in [3.63, 3.8) is 0 Å². The average molecular weight is 469 g/mol. The molecule has 1 amide bonds. The second kappa shape index (κ2) is 12.3. The Morgan fingerprint density at radius 3 is 2.58 bits per heavy atom. The largest absolute Gasteiger partial charge is 0.494 e. The molecule has 0 spiro atoms. The predicted octanol–water partition coefficient (Wildman–Crippen LogP) is 3.67. The van der Waals surface area contributed by atoms with Crippen LogP contribution in [0.15, 0.2) is 61.1 Å². The zero-order valence-electron chi connectivity index (χ0n) is 17.3. The molecular weight excluding hydrogens is 442 g/mol. The molecule has 1 unspecified atom stereocenters. The highest BCUT2D eigenvalue weighted by Crippen LogP contribution is 2.21. The third-order valence-corrected chi connectivity index (χ3v) is 4.70. The molecule has 0 aliphatic rings. The number of imidazole rings is 1. The Kier molecular flexibility index (Phi) is 10.5. The SMILES string of the molecule is COc1ccc(C(C)NC(=O)[C@@H](N)Cc2cn(Cc3ccccc3)cn2)cc1F.Cl.Cl. The van der Waals surface area contributed by atoms with Crippen molar-refractivity contribution in [1.29, 1.82) is 0 Å². The molecule has 9 heteroatoms. The zero-order chi connectivity index (χ0) is 20.8. The van der Waals surface area contributed by atoms with Crippen molar-refractivity contribution in [1.82, 2.24) is 14.9 Å². The van der Waals surface area contributed by atoms with Crippen LogP contribution >= 0.6 is 24.8 Å². The molecule has 3 aromatic rings. The monoisotopic (exact) mass is 468 g/mol. The molecule has 3 rings (SSSR count). The Morgan fingerprint density at radius 1 is 1.23 bits per heavy atom. The van der Waals surface area contributed by atoms with Gasteiger partial charge < -0.3 is 20.4 Å². The van der Waals surface area contributed by atoms with Crippen LogP contribution in [0, 0.1) is 5.82 Å². The van der Waals surface area contributed by atoms with E-state index in [1.165, 1.54) is 24.8 Å². The number of nitrogens with zero attached hydrogens (tertiary/aromatic N) is 2. The van der Waals surface area contributed by atoms with E-state index >= 15 is 0 Å². The van der Waals surface area contributed by atoms with Gasteiger partial charge in [-0.05, 0) is 30.2 Å². The summed E-state index contributed by atoms with van der Waals surface area (Å²) in [5, 5.41) is 2.82. The molecule has 1 aromatic heterocycles. The molecule has 6 nitrogen and oxygen atoms in total. The van der Waals surface area contributed by atoms with E-state index in [9.17, 15) is 9.18 Å². The van der Waals surface area contributed by atoms with E-state index in [1.54, 1.807) is 19.3 Å². The van der Waals surface area contributed by atoms with Crippen LogP contribution < -0.4 is 15.8 Å². The number of hydrogen-bond donors (Lipinski definition) is 2. The van der Waals surface area contributed by atoms with Crippen molar-refractivity contribution in [2.75, 3.05) is 7.11 Å². The lowest BCUT2D eigenvalue weighted by molar-refractivity contribution is -0.123. The van der Waals surface area contributed by atoms with Crippen LogP contribution in [0.4, 0.5) is 4.39 Å². The summed E-state index contributed by atoms with van der Waals surface area (Å²) in [5.41, 5.74) is 8.60. The lowest BCUT2D eigenvalue weighted by atomic mass is 10.1. The van der Waals surface area contributed by atoms with Crippen LogP contribution in [-0.2, 0) is 17.8 Å². The van der Waals surface area contributed by atoms with E-state index < -0.39 is 11.9 Å². The summed E-state index contributed by atoms with van der Waals surface area (Å²) in [4.78, 5) is 16.8. The van der Waals surface area contributed by atoms with E-state index in [0.29, 0.717) is 18.5 Å². The number of carbonyl (C=O) groups excluding carboxylic acids is 1. The van der Waals surface area contributed by atoms with Crippen molar-refractivity contribution < 1.29 is 13.9 Å². The standard InChI is InChI=1S/C22H25FN4O2.2ClH/c1-15(17-8-9-21(29-2)19(23)10-17)26-22(28)20(24)11-18-13-27(14-25-18)12-16-6-4-3-5-7-16;;/h3-10,13-15,20H,11-12,24H2,1-2H3,(H,26,28);2*1H/t15?,20-;;/m0../s1. The quantitative estimate of drug-likeness (QED) is 0.528. The molecule has 0 aliphatic heterocycles. The molecule has 0 bridgehead atoms. The van der Waals surface area contributed by atoms with Crippen LogP contribution in [0.3, 0.4) is 0 Å². The number of amides is 1. The van der Waals surface area contributed by atoms with Crippen molar-refractivity contribution in [3.8, 4) is 5.75 Å². The normalized spacial score (nSPS) is 12.1. The van der Waals surface area contributed by atoms with E-state index in [4.69, 9.17) is 10.5 Å². The van der Waals surface area contributed by atoms with Crippen molar-refractivity contribution in [3.05, 3.63) is 83.7 Å². The zero-order valence-corrected chi connectivity index (χ0v) is 19.0. The second-order valence-electron chi connectivity index (χ2n) is 6.96. The average Bonchev–Trinajstić information content (AvgIpc) is 3.15. The molecular formula is C22H27Cl2FN4O2. The molecule has 3 N–H and O–H groups in total. The maximum Gasteiger partial charge on any atom is 0.237 e. The van der Waals surface area contributed by atoms with Gasteiger partial charge in [0.15, 0.2) is 11.6 Å². The number of methoxy groups -OCH3 is 1. The Bertz CT molecular complexity index is 969. The van der Waals surface area contributed by atoms with Crippen molar-refractivity contribution in [2.24, 2.45) is 5.73 Å². The number of nitrogens with one attached hydrogen (secondary N) is 1. The van der Waals surface area contributed by atoms with Gasteiger partial charge in [-0.3, -0.25) is 4.79 Å². The minimum atomic E-state index is -0.749. The molecule has 0 saturated carbocycles. The van der Waals surface area contributed by atoms with Gasteiger partial charge in [0.05, 0.1) is 31.2 Å². The van der Waals surface area contributed by atoms with Gasteiger partial charge in [0.2, 0.25) is 5.91 Å². The van der Waals surface area contributed by atoms with Crippen molar-refractivity contribution in [2.45, 2.75) is 32.0 Å². The van der Waals surface area contributed by atoms with Gasteiger partial charge in [0, 0.05) is 19.2 Å².